The molecule has 2 atom stereocenters. The number of β-amino-alcohol motifs (C(OH)–C–C–N with tert-alkyl or cyclic N) is 1. The Bertz CT molecular complexity index is 1770. The molecule has 2 aromatic heterocycles. The molecular weight excluding hydrogens is 566 g/mol. The van der Waals surface area contributed by atoms with Gasteiger partial charge in [0, 0.05) is 80.3 Å². The zero-order valence-corrected chi connectivity index (χ0v) is 25.2. The number of amides is 2. The molecule has 1 N–H and O–H groups in total. The summed E-state index contributed by atoms with van der Waals surface area (Å²) in [4.78, 5) is 46.1. The molecule has 7 rings (SSSR count). The number of rotatable bonds is 6. The van der Waals surface area contributed by atoms with E-state index in [-0.39, 0.29) is 23.7 Å². The predicted molar refractivity (Wildman–Crippen MR) is 169 cm³/mol. The molecule has 2 aromatic carbocycles. The van der Waals surface area contributed by atoms with Gasteiger partial charge in [-0.25, -0.2) is 9.98 Å². The van der Waals surface area contributed by atoms with Gasteiger partial charge in [0.25, 0.3) is 5.91 Å². The maximum absolute atomic E-state index is 14.0. The number of hydrogen-bond donors (Lipinski definition) is 1. The minimum Gasteiger partial charge on any atom is -0.388 e. The Morgan fingerprint density at radius 2 is 1.67 bits per heavy atom. The fourth-order valence-corrected chi connectivity index (χ4v) is 6.95. The average Bonchev–Trinajstić information content (AvgIpc) is 3.52. The van der Waals surface area contributed by atoms with Gasteiger partial charge in [-0.1, -0.05) is 48.5 Å². The van der Waals surface area contributed by atoms with E-state index in [1.54, 1.807) is 11.1 Å². The molecule has 0 spiro atoms. The van der Waals surface area contributed by atoms with E-state index in [9.17, 15) is 14.7 Å². The molecule has 0 bridgehead atoms. The molecule has 0 saturated carbocycles. The van der Waals surface area contributed by atoms with Crippen molar-refractivity contribution in [2.24, 2.45) is 10.9 Å². The van der Waals surface area contributed by atoms with Gasteiger partial charge in [0.1, 0.15) is 17.9 Å². The predicted octanol–water partition coefficient (Wildman–Crippen LogP) is 2.20. The third kappa shape index (κ3) is 5.98. The van der Waals surface area contributed by atoms with Gasteiger partial charge in [-0.15, -0.1) is 0 Å². The highest BCUT2D eigenvalue weighted by Crippen LogP contribution is 2.36. The first-order valence-corrected chi connectivity index (χ1v) is 15.6. The van der Waals surface area contributed by atoms with E-state index in [1.807, 2.05) is 59.6 Å². The molecule has 10 nitrogen and oxygen atoms in total. The van der Waals surface area contributed by atoms with Gasteiger partial charge in [-0.3, -0.25) is 14.6 Å². The third-order valence-corrected chi connectivity index (χ3v) is 9.38. The van der Waals surface area contributed by atoms with E-state index < -0.39 is 5.60 Å². The zero-order valence-electron chi connectivity index (χ0n) is 25.2. The zero-order chi connectivity index (χ0) is 30.8. The summed E-state index contributed by atoms with van der Waals surface area (Å²) in [7, 11) is 0. The van der Waals surface area contributed by atoms with Crippen molar-refractivity contribution < 1.29 is 14.7 Å². The largest absolute Gasteiger partial charge is 0.388 e. The number of piperidine rings is 2. The maximum Gasteiger partial charge on any atom is 0.274 e. The molecule has 0 aliphatic carbocycles. The van der Waals surface area contributed by atoms with E-state index in [0.29, 0.717) is 64.3 Å². The van der Waals surface area contributed by atoms with Crippen molar-refractivity contribution in [1.82, 2.24) is 29.2 Å². The minimum absolute atomic E-state index is 0.101. The van der Waals surface area contributed by atoms with Gasteiger partial charge in [-0.2, -0.15) is 0 Å². The second kappa shape index (κ2) is 12.3. The van der Waals surface area contributed by atoms with E-state index >= 15 is 0 Å². The van der Waals surface area contributed by atoms with Crippen LogP contribution in [0.2, 0.25) is 0 Å². The number of likely N-dealkylation sites (tertiary alicyclic amines) is 2. The summed E-state index contributed by atoms with van der Waals surface area (Å²) in [6.45, 7) is 2.85. The standard InChI is InChI=1S/C35H37N7O3/c43-33(29-12-17-41(34(44)31-21-36-15-16-37-31)23-30(29)26-7-3-1-4-8-26)40-19-13-35(45,14-20-40)24-39-22-27-11-18-42(32(27)38-25-39)28-9-5-2-6-10-28/h1-11,15-16,18,21-22,29-30,45H,12-14,17,19-20,23-25H2/t29-,30+/m1/s1. The molecule has 2 saturated heterocycles. The number of aliphatic hydroxyl groups is 1. The first kappa shape index (κ1) is 28.9. The van der Waals surface area contributed by atoms with E-state index in [2.05, 4.69) is 43.8 Å². The smallest absolute Gasteiger partial charge is 0.274 e. The van der Waals surface area contributed by atoms with Gasteiger partial charge < -0.3 is 24.4 Å². The van der Waals surface area contributed by atoms with Gasteiger partial charge in [0.05, 0.1) is 11.8 Å². The highest BCUT2D eigenvalue weighted by molar-refractivity contribution is 5.92. The highest BCUT2D eigenvalue weighted by Gasteiger charge is 2.42. The van der Waals surface area contributed by atoms with Crippen LogP contribution in [0.3, 0.4) is 0 Å². The quantitative estimate of drug-likeness (QED) is 0.362. The lowest BCUT2D eigenvalue weighted by Crippen LogP contribution is -2.55. The third-order valence-electron chi connectivity index (χ3n) is 9.38. The minimum atomic E-state index is -0.909. The van der Waals surface area contributed by atoms with Gasteiger partial charge in [0.15, 0.2) is 0 Å². The Balaban J connectivity index is 1.01. The summed E-state index contributed by atoms with van der Waals surface area (Å²) < 4.78 is 2.08. The molecule has 3 aliphatic heterocycles. The van der Waals surface area contributed by atoms with Crippen LogP contribution in [0.25, 0.3) is 11.9 Å². The first-order chi connectivity index (χ1) is 22.0. The summed E-state index contributed by atoms with van der Waals surface area (Å²) >= 11 is 0. The van der Waals surface area contributed by atoms with Crippen LogP contribution < -0.4 is 10.7 Å². The molecule has 0 unspecified atom stereocenters. The molecule has 3 aliphatic rings. The fourth-order valence-electron chi connectivity index (χ4n) is 6.95. The second-order valence-electron chi connectivity index (χ2n) is 12.3. The summed E-state index contributed by atoms with van der Waals surface area (Å²) in [5.41, 5.74) is 2.44. The van der Waals surface area contributed by atoms with E-state index in [1.165, 1.54) is 12.4 Å². The lowest BCUT2D eigenvalue weighted by atomic mass is 9.79. The van der Waals surface area contributed by atoms with Crippen LogP contribution in [0.5, 0.6) is 0 Å². The second-order valence-corrected chi connectivity index (χ2v) is 12.3. The Labute approximate surface area is 262 Å². The molecule has 4 aromatic rings. The highest BCUT2D eigenvalue weighted by atomic mass is 16.3. The van der Waals surface area contributed by atoms with Crippen molar-refractivity contribution in [3.05, 3.63) is 113 Å². The molecule has 230 valence electrons. The van der Waals surface area contributed by atoms with E-state index in [4.69, 9.17) is 4.99 Å². The van der Waals surface area contributed by atoms with Crippen molar-refractivity contribution in [3.8, 4) is 5.69 Å². The number of hydrogen-bond acceptors (Lipinski definition) is 7. The van der Waals surface area contributed by atoms with E-state index in [0.717, 1.165) is 22.0 Å². The van der Waals surface area contributed by atoms with Crippen LogP contribution >= 0.6 is 0 Å². The Morgan fingerprint density at radius 3 is 2.40 bits per heavy atom. The van der Waals surface area contributed by atoms with Gasteiger partial charge in [-0.05, 0) is 43.0 Å². The number of para-hydroxylation sites is 1. The Kier molecular flexibility index (Phi) is 7.89. The molecule has 10 heteroatoms. The number of aromatic nitrogens is 3. The molecule has 2 fully saturated rings. The van der Waals surface area contributed by atoms with Crippen molar-refractivity contribution in [3.63, 3.8) is 0 Å². The van der Waals surface area contributed by atoms with Crippen LogP contribution in [-0.4, -0.2) is 91.1 Å². The van der Waals surface area contributed by atoms with Crippen LogP contribution in [0.15, 0.2) is 96.5 Å². The maximum atomic E-state index is 14.0. The molecule has 2 amide bonds. The van der Waals surface area contributed by atoms with Crippen LogP contribution in [0.4, 0.5) is 0 Å². The summed E-state index contributed by atoms with van der Waals surface area (Å²) in [5, 5.41) is 12.6. The number of carbonyl (C=O) groups is 2. The first-order valence-electron chi connectivity index (χ1n) is 15.6. The van der Waals surface area contributed by atoms with Crippen LogP contribution in [-0.2, 0) is 4.79 Å². The van der Waals surface area contributed by atoms with Crippen molar-refractivity contribution in [1.29, 1.82) is 0 Å². The van der Waals surface area contributed by atoms with Crippen LogP contribution in [0, 0.1) is 5.92 Å². The van der Waals surface area contributed by atoms with Crippen LogP contribution in [0.1, 0.15) is 41.2 Å². The molecule has 45 heavy (non-hydrogen) atoms. The lowest BCUT2D eigenvalue weighted by molar-refractivity contribution is -0.142. The SMILES string of the molecule is O=C(c1cnccn1)N1CC[C@@H](C(=O)N2CCC(O)(CN3C=c4ccn(-c5ccccc5)c4=NC3)CC2)[C@H](c2ccccc2)C1. The number of benzene rings is 2. The topological polar surface area (TPSA) is 107 Å². The van der Waals surface area contributed by atoms with Crippen molar-refractivity contribution in [2.75, 3.05) is 39.4 Å². The lowest BCUT2D eigenvalue weighted by Gasteiger charge is -2.44. The number of fused-ring (bicyclic) bond motifs is 1. The summed E-state index contributed by atoms with van der Waals surface area (Å²) in [6, 6.07) is 22.2. The fraction of sp³-hybridized carbons (Fsp3) is 0.343. The van der Waals surface area contributed by atoms with Crippen molar-refractivity contribution in [2.45, 2.75) is 30.8 Å². The number of carbonyl (C=O) groups excluding carboxylic acids is 2. The number of nitrogens with zero attached hydrogens (tertiary/aromatic N) is 7. The monoisotopic (exact) mass is 603 g/mol. The molecular formula is C35H37N7O3. The Morgan fingerprint density at radius 1 is 0.911 bits per heavy atom. The Hall–Kier alpha value is -4.83. The molecule has 5 heterocycles. The van der Waals surface area contributed by atoms with Gasteiger partial charge >= 0.3 is 0 Å². The normalized spacial score (nSPS) is 21.0. The average molecular weight is 604 g/mol. The summed E-state index contributed by atoms with van der Waals surface area (Å²) in [6.07, 6.45) is 10.2. The van der Waals surface area contributed by atoms with Crippen molar-refractivity contribution >= 4 is 18.0 Å². The van der Waals surface area contributed by atoms with Gasteiger partial charge in [0.2, 0.25) is 5.91 Å². The summed E-state index contributed by atoms with van der Waals surface area (Å²) in [5.74, 6) is -0.437. The molecule has 0 radical (unpaired) electrons.